The van der Waals surface area contributed by atoms with Crippen LogP contribution in [0.2, 0.25) is 0 Å². The SMILES string of the molecule is CCCNc1ccc(C(=O)N(C)CCC#N)nc1. The lowest BCUT2D eigenvalue weighted by atomic mass is 10.3. The number of carbonyl (C=O) groups excluding carboxylic acids is 1. The second-order valence-electron chi connectivity index (χ2n) is 3.99. The number of rotatable bonds is 6. The van der Waals surface area contributed by atoms with Crippen molar-refractivity contribution in [1.82, 2.24) is 9.88 Å². The largest absolute Gasteiger partial charge is 0.384 e. The summed E-state index contributed by atoms with van der Waals surface area (Å²) in [4.78, 5) is 17.5. The van der Waals surface area contributed by atoms with Crippen LogP contribution in [0.15, 0.2) is 18.3 Å². The Kier molecular flexibility index (Phi) is 5.65. The molecule has 0 saturated heterocycles. The molecule has 0 bridgehead atoms. The molecule has 0 aliphatic rings. The molecule has 1 N–H and O–H groups in total. The summed E-state index contributed by atoms with van der Waals surface area (Å²) >= 11 is 0. The highest BCUT2D eigenvalue weighted by Gasteiger charge is 2.12. The van der Waals surface area contributed by atoms with Gasteiger partial charge in [0.1, 0.15) is 5.69 Å². The van der Waals surface area contributed by atoms with E-state index in [1.165, 1.54) is 4.90 Å². The molecule has 5 heteroatoms. The van der Waals surface area contributed by atoms with Gasteiger partial charge in [-0.2, -0.15) is 5.26 Å². The van der Waals surface area contributed by atoms with Gasteiger partial charge in [0.2, 0.25) is 0 Å². The average Bonchev–Trinajstić information content (AvgIpc) is 2.42. The summed E-state index contributed by atoms with van der Waals surface area (Å²) in [5.41, 5.74) is 1.31. The third-order valence-corrected chi connectivity index (χ3v) is 2.47. The van der Waals surface area contributed by atoms with Crippen LogP contribution in [0.1, 0.15) is 30.3 Å². The first kappa shape index (κ1) is 14.0. The zero-order valence-electron chi connectivity index (χ0n) is 10.8. The minimum absolute atomic E-state index is 0.160. The summed E-state index contributed by atoms with van der Waals surface area (Å²) in [6, 6.07) is 5.55. The first-order valence-corrected chi connectivity index (χ1v) is 6.01. The smallest absolute Gasteiger partial charge is 0.272 e. The first-order valence-electron chi connectivity index (χ1n) is 6.01. The Morgan fingerprint density at radius 3 is 2.89 bits per heavy atom. The molecular weight excluding hydrogens is 228 g/mol. The lowest BCUT2D eigenvalue weighted by molar-refractivity contribution is 0.0792. The number of aromatic nitrogens is 1. The highest BCUT2D eigenvalue weighted by Crippen LogP contribution is 2.08. The number of hydrogen-bond acceptors (Lipinski definition) is 4. The van der Waals surface area contributed by atoms with E-state index in [1.54, 1.807) is 19.3 Å². The maximum atomic E-state index is 11.9. The van der Waals surface area contributed by atoms with E-state index in [2.05, 4.69) is 17.2 Å². The van der Waals surface area contributed by atoms with Crippen LogP contribution in [0.3, 0.4) is 0 Å². The molecule has 0 saturated carbocycles. The van der Waals surface area contributed by atoms with Crippen molar-refractivity contribution in [2.75, 3.05) is 25.5 Å². The van der Waals surface area contributed by atoms with Crippen LogP contribution >= 0.6 is 0 Å². The lowest BCUT2D eigenvalue weighted by Crippen LogP contribution is -2.28. The molecule has 96 valence electrons. The Bertz CT molecular complexity index is 422. The quantitative estimate of drug-likeness (QED) is 0.832. The molecule has 1 aromatic heterocycles. The molecule has 0 unspecified atom stereocenters. The van der Waals surface area contributed by atoms with Gasteiger partial charge >= 0.3 is 0 Å². The molecule has 0 aliphatic heterocycles. The van der Waals surface area contributed by atoms with Gasteiger partial charge in [-0.15, -0.1) is 0 Å². The number of amides is 1. The lowest BCUT2D eigenvalue weighted by Gasteiger charge is -2.14. The van der Waals surface area contributed by atoms with Crippen molar-refractivity contribution in [2.45, 2.75) is 19.8 Å². The monoisotopic (exact) mass is 246 g/mol. The van der Waals surface area contributed by atoms with Crippen LogP contribution < -0.4 is 5.32 Å². The van der Waals surface area contributed by atoms with E-state index in [9.17, 15) is 4.79 Å². The van der Waals surface area contributed by atoms with Crippen molar-refractivity contribution in [3.05, 3.63) is 24.0 Å². The number of carbonyl (C=O) groups is 1. The number of hydrogen-bond donors (Lipinski definition) is 1. The van der Waals surface area contributed by atoms with Crippen molar-refractivity contribution < 1.29 is 4.79 Å². The number of nitrogens with one attached hydrogen (secondary N) is 1. The van der Waals surface area contributed by atoms with Crippen molar-refractivity contribution in [3.63, 3.8) is 0 Å². The van der Waals surface area contributed by atoms with Gasteiger partial charge in [0.15, 0.2) is 0 Å². The Morgan fingerprint density at radius 2 is 2.33 bits per heavy atom. The third-order valence-electron chi connectivity index (χ3n) is 2.47. The van der Waals surface area contributed by atoms with Gasteiger partial charge in [0.05, 0.1) is 24.4 Å². The Hall–Kier alpha value is -2.09. The molecule has 0 fully saturated rings. The van der Waals surface area contributed by atoms with Gasteiger partial charge in [0.25, 0.3) is 5.91 Å². The fraction of sp³-hybridized carbons (Fsp3) is 0.462. The van der Waals surface area contributed by atoms with Crippen LogP contribution in [0.25, 0.3) is 0 Å². The summed E-state index contributed by atoms with van der Waals surface area (Å²) in [7, 11) is 1.67. The second-order valence-corrected chi connectivity index (χ2v) is 3.99. The third kappa shape index (κ3) is 4.06. The molecule has 1 amide bonds. The molecule has 0 spiro atoms. The van der Waals surface area contributed by atoms with Gasteiger partial charge in [-0.25, -0.2) is 4.98 Å². The molecule has 0 aromatic carbocycles. The Morgan fingerprint density at radius 1 is 1.56 bits per heavy atom. The molecule has 0 aliphatic carbocycles. The second kappa shape index (κ2) is 7.28. The van der Waals surface area contributed by atoms with E-state index in [0.29, 0.717) is 18.7 Å². The summed E-state index contributed by atoms with van der Waals surface area (Å²) in [5, 5.41) is 11.7. The molecule has 5 nitrogen and oxygen atoms in total. The van der Waals surface area contributed by atoms with Gasteiger partial charge in [0, 0.05) is 20.1 Å². The first-order chi connectivity index (χ1) is 8.69. The van der Waals surface area contributed by atoms with Crippen molar-refractivity contribution in [3.8, 4) is 6.07 Å². The van der Waals surface area contributed by atoms with E-state index in [0.717, 1.165) is 18.7 Å². The fourth-order valence-electron chi connectivity index (χ4n) is 1.41. The molecule has 1 aromatic rings. The molecule has 1 rings (SSSR count). The average molecular weight is 246 g/mol. The number of nitriles is 1. The van der Waals surface area contributed by atoms with Crippen LogP contribution in [0.4, 0.5) is 5.69 Å². The highest BCUT2D eigenvalue weighted by atomic mass is 16.2. The Balaban J connectivity index is 2.61. The number of nitrogens with zero attached hydrogens (tertiary/aromatic N) is 3. The summed E-state index contributed by atoms with van der Waals surface area (Å²) in [5.74, 6) is -0.160. The van der Waals surface area contributed by atoms with E-state index in [1.807, 2.05) is 12.1 Å². The molecule has 0 radical (unpaired) electrons. The summed E-state index contributed by atoms with van der Waals surface area (Å²) in [6.45, 7) is 3.40. The van der Waals surface area contributed by atoms with E-state index < -0.39 is 0 Å². The molecular formula is C13H18N4O. The zero-order chi connectivity index (χ0) is 13.4. The number of anilines is 1. The van der Waals surface area contributed by atoms with Gasteiger partial charge in [-0.05, 0) is 18.6 Å². The van der Waals surface area contributed by atoms with Crippen LogP contribution in [-0.4, -0.2) is 35.9 Å². The molecule has 18 heavy (non-hydrogen) atoms. The predicted octanol–water partition coefficient (Wildman–Crippen LogP) is 1.89. The highest BCUT2D eigenvalue weighted by molar-refractivity contribution is 5.92. The van der Waals surface area contributed by atoms with Crippen molar-refractivity contribution in [1.29, 1.82) is 5.26 Å². The zero-order valence-corrected chi connectivity index (χ0v) is 10.8. The van der Waals surface area contributed by atoms with Crippen molar-refractivity contribution >= 4 is 11.6 Å². The van der Waals surface area contributed by atoms with Crippen LogP contribution in [0.5, 0.6) is 0 Å². The summed E-state index contributed by atoms with van der Waals surface area (Å²) in [6.07, 6.45) is 3.02. The van der Waals surface area contributed by atoms with E-state index in [-0.39, 0.29) is 5.91 Å². The van der Waals surface area contributed by atoms with Crippen molar-refractivity contribution in [2.24, 2.45) is 0 Å². The fourth-order valence-corrected chi connectivity index (χ4v) is 1.41. The predicted molar refractivity (Wildman–Crippen MR) is 70.2 cm³/mol. The maximum Gasteiger partial charge on any atom is 0.272 e. The summed E-state index contributed by atoms with van der Waals surface area (Å²) < 4.78 is 0. The minimum atomic E-state index is -0.160. The van der Waals surface area contributed by atoms with E-state index >= 15 is 0 Å². The van der Waals surface area contributed by atoms with Gasteiger partial charge in [-0.3, -0.25) is 4.79 Å². The normalized spacial score (nSPS) is 9.61. The molecule has 1 heterocycles. The van der Waals surface area contributed by atoms with Gasteiger partial charge < -0.3 is 10.2 Å². The Labute approximate surface area is 107 Å². The van der Waals surface area contributed by atoms with E-state index in [4.69, 9.17) is 5.26 Å². The molecule has 0 atom stereocenters. The maximum absolute atomic E-state index is 11.9. The van der Waals surface area contributed by atoms with Crippen LogP contribution in [0, 0.1) is 11.3 Å². The standard InChI is InChI=1S/C13H18N4O/c1-3-8-15-11-5-6-12(16-10-11)13(18)17(2)9-4-7-14/h5-6,10,15H,3-4,8-9H2,1-2H3. The van der Waals surface area contributed by atoms with Gasteiger partial charge in [-0.1, -0.05) is 6.92 Å². The van der Waals surface area contributed by atoms with Crippen LogP contribution in [-0.2, 0) is 0 Å². The number of pyridine rings is 1. The minimum Gasteiger partial charge on any atom is -0.384 e. The topological polar surface area (TPSA) is 69.0 Å².